The van der Waals surface area contributed by atoms with Crippen LogP contribution in [0.5, 0.6) is 11.6 Å². The lowest BCUT2D eigenvalue weighted by molar-refractivity contribution is -0.120. The van der Waals surface area contributed by atoms with Crippen molar-refractivity contribution in [2.75, 3.05) is 24.7 Å². The molecular formula is C17H16N2O3. The first kappa shape index (κ1) is 13.1. The van der Waals surface area contributed by atoms with E-state index in [1.807, 2.05) is 43.3 Å². The molecule has 1 amide bonds. The molecule has 0 spiro atoms. The predicted molar refractivity (Wildman–Crippen MR) is 81.5 cm³/mol. The number of aromatic nitrogens is 1. The number of fused-ring (bicyclic) bond motifs is 2. The van der Waals surface area contributed by atoms with E-state index >= 15 is 0 Å². The molecule has 2 aliphatic rings. The van der Waals surface area contributed by atoms with Crippen molar-refractivity contribution >= 4 is 11.6 Å². The second kappa shape index (κ2) is 5.02. The summed E-state index contributed by atoms with van der Waals surface area (Å²) in [6.07, 6.45) is 0. The van der Waals surface area contributed by atoms with E-state index in [1.54, 1.807) is 4.90 Å². The van der Waals surface area contributed by atoms with Crippen molar-refractivity contribution in [3.05, 3.63) is 47.7 Å². The van der Waals surface area contributed by atoms with Crippen LogP contribution in [0.2, 0.25) is 0 Å². The van der Waals surface area contributed by atoms with Crippen LogP contribution < -0.4 is 14.4 Å². The standard InChI is InChI=1S/C17H16N2O3/c1-11-6-7-14-16(18-11)21-9-8-19(14)17(20)13-10-22-15-5-3-2-4-12(13)15/h2-7,13H,8-10H2,1H3/t13-/m1/s1. The first-order valence-corrected chi connectivity index (χ1v) is 7.37. The van der Waals surface area contributed by atoms with Crippen LogP contribution in [-0.2, 0) is 4.79 Å². The summed E-state index contributed by atoms with van der Waals surface area (Å²) in [5, 5.41) is 0. The molecule has 0 saturated heterocycles. The highest BCUT2D eigenvalue weighted by atomic mass is 16.5. The molecule has 0 unspecified atom stereocenters. The maximum Gasteiger partial charge on any atom is 0.238 e. The molecule has 2 aliphatic heterocycles. The Bertz CT molecular complexity index is 744. The predicted octanol–water partition coefficient (Wildman–Crippen LogP) is 2.29. The number of hydrogen-bond acceptors (Lipinski definition) is 4. The van der Waals surface area contributed by atoms with Crippen LogP contribution in [0.3, 0.4) is 0 Å². The summed E-state index contributed by atoms with van der Waals surface area (Å²) < 4.78 is 11.2. The Morgan fingerprint density at radius 2 is 2.09 bits per heavy atom. The summed E-state index contributed by atoms with van der Waals surface area (Å²) >= 11 is 0. The van der Waals surface area contributed by atoms with E-state index in [2.05, 4.69) is 4.98 Å². The minimum atomic E-state index is -0.261. The zero-order valence-electron chi connectivity index (χ0n) is 12.3. The van der Waals surface area contributed by atoms with Crippen LogP contribution in [0.25, 0.3) is 0 Å². The molecule has 5 nitrogen and oxygen atoms in total. The van der Waals surface area contributed by atoms with E-state index in [0.717, 1.165) is 22.7 Å². The van der Waals surface area contributed by atoms with Crippen molar-refractivity contribution in [2.24, 2.45) is 0 Å². The molecule has 2 aromatic rings. The van der Waals surface area contributed by atoms with Crippen LogP contribution >= 0.6 is 0 Å². The summed E-state index contributed by atoms with van der Waals surface area (Å²) in [5.74, 6) is 1.12. The van der Waals surface area contributed by atoms with E-state index in [-0.39, 0.29) is 11.8 Å². The molecule has 4 rings (SSSR count). The maximum atomic E-state index is 13.0. The van der Waals surface area contributed by atoms with Gasteiger partial charge in [-0.3, -0.25) is 4.79 Å². The molecule has 1 atom stereocenters. The number of carbonyl (C=O) groups is 1. The normalized spacial score (nSPS) is 19.0. The summed E-state index contributed by atoms with van der Waals surface area (Å²) in [6, 6.07) is 11.5. The number of pyridine rings is 1. The van der Waals surface area contributed by atoms with Crippen molar-refractivity contribution in [1.82, 2.24) is 4.98 Å². The summed E-state index contributed by atoms with van der Waals surface area (Å²) in [5.41, 5.74) is 2.58. The molecule has 1 aromatic carbocycles. The van der Waals surface area contributed by atoms with Gasteiger partial charge in [-0.05, 0) is 25.1 Å². The highest BCUT2D eigenvalue weighted by molar-refractivity contribution is 6.00. The Morgan fingerprint density at radius 3 is 3.00 bits per heavy atom. The molecule has 0 saturated carbocycles. The number of amides is 1. The third-order valence-electron chi connectivity index (χ3n) is 4.09. The van der Waals surface area contributed by atoms with E-state index in [9.17, 15) is 4.79 Å². The topological polar surface area (TPSA) is 51.7 Å². The molecule has 0 bridgehead atoms. The van der Waals surface area contributed by atoms with Crippen molar-refractivity contribution in [2.45, 2.75) is 12.8 Å². The fourth-order valence-corrected chi connectivity index (χ4v) is 2.98. The van der Waals surface area contributed by atoms with Gasteiger partial charge >= 0.3 is 0 Å². The fourth-order valence-electron chi connectivity index (χ4n) is 2.98. The van der Waals surface area contributed by atoms with Crippen molar-refractivity contribution in [3.8, 4) is 11.6 Å². The van der Waals surface area contributed by atoms with Gasteiger partial charge in [0, 0.05) is 11.3 Å². The monoisotopic (exact) mass is 296 g/mol. The average Bonchev–Trinajstić information content (AvgIpc) is 2.97. The number of nitrogens with zero attached hydrogens (tertiary/aromatic N) is 2. The molecule has 112 valence electrons. The van der Waals surface area contributed by atoms with Gasteiger partial charge in [0.05, 0.1) is 6.54 Å². The van der Waals surface area contributed by atoms with Gasteiger partial charge in [-0.2, -0.15) is 0 Å². The van der Waals surface area contributed by atoms with Crippen molar-refractivity contribution in [1.29, 1.82) is 0 Å². The maximum absolute atomic E-state index is 13.0. The number of para-hydroxylation sites is 1. The Kier molecular flexibility index (Phi) is 2.99. The lowest BCUT2D eigenvalue weighted by Gasteiger charge is -2.30. The number of carbonyl (C=O) groups excluding carboxylic acids is 1. The van der Waals surface area contributed by atoms with Gasteiger partial charge in [0.25, 0.3) is 0 Å². The SMILES string of the molecule is Cc1ccc2c(n1)OCCN2C(=O)[C@@H]1COc2ccccc21. The fraction of sp³-hybridized carbons (Fsp3) is 0.294. The van der Waals surface area contributed by atoms with Crippen LogP contribution in [0, 0.1) is 6.92 Å². The number of hydrogen-bond donors (Lipinski definition) is 0. The quantitative estimate of drug-likeness (QED) is 0.810. The molecule has 0 radical (unpaired) electrons. The van der Waals surface area contributed by atoms with Crippen LogP contribution in [0.15, 0.2) is 36.4 Å². The van der Waals surface area contributed by atoms with Gasteiger partial charge in [-0.15, -0.1) is 0 Å². The molecule has 1 aromatic heterocycles. The average molecular weight is 296 g/mol. The summed E-state index contributed by atoms with van der Waals surface area (Å²) in [4.78, 5) is 19.1. The van der Waals surface area contributed by atoms with Gasteiger partial charge in [-0.25, -0.2) is 4.98 Å². The van der Waals surface area contributed by atoms with Crippen LogP contribution in [0.1, 0.15) is 17.2 Å². The highest BCUT2D eigenvalue weighted by Crippen LogP contribution is 2.37. The third-order valence-corrected chi connectivity index (χ3v) is 4.09. The number of rotatable bonds is 1. The first-order chi connectivity index (χ1) is 10.7. The number of aryl methyl sites for hydroxylation is 1. The molecule has 0 N–H and O–H groups in total. The Hall–Kier alpha value is -2.56. The molecule has 3 heterocycles. The van der Waals surface area contributed by atoms with Crippen molar-refractivity contribution in [3.63, 3.8) is 0 Å². The minimum Gasteiger partial charge on any atom is -0.492 e. The summed E-state index contributed by atoms with van der Waals surface area (Å²) in [7, 11) is 0. The first-order valence-electron chi connectivity index (χ1n) is 7.37. The second-order valence-corrected chi connectivity index (χ2v) is 5.52. The lowest BCUT2D eigenvalue weighted by atomic mass is 9.99. The second-order valence-electron chi connectivity index (χ2n) is 5.52. The number of ether oxygens (including phenoxy) is 2. The number of benzene rings is 1. The smallest absolute Gasteiger partial charge is 0.238 e. The zero-order valence-corrected chi connectivity index (χ0v) is 12.3. The van der Waals surface area contributed by atoms with Gasteiger partial charge in [0.15, 0.2) is 0 Å². The van der Waals surface area contributed by atoms with Gasteiger partial charge in [0.1, 0.15) is 30.6 Å². The lowest BCUT2D eigenvalue weighted by Crippen LogP contribution is -2.41. The van der Waals surface area contributed by atoms with E-state index in [0.29, 0.717) is 25.6 Å². The molecular weight excluding hydrogens is 280 g/mol. The van der Waals surface area contributed by atoms with E-state index in [1.165, 1.54) is 0 Å². The van der Waals surface area contributed by atoms with Gasteiger partial charge in [-0.1, -0.05) is 18.2 Å². The number of anilines is 1. The molecule has 0 fully saturated rings. The largest absolute Gasteiger partial charge is 0.492 e. The van der Waals surface area contributed by atoms with Gasteiger partial charge in [0.2, 0.25) is 11.8 Å². The molecule has 0 aliphatic carbocycles. The molecule has 22 heavy (non-hydrogen) atoms. The Morgan fingerprint density at radius 1 is 1.23 bits per heavy atom. The van der Waals surface area contributed by atoms with E-state index < -0.39 is 0 Å². The zero-order chi connectivity index (χ0) is 15.1. The Labute approximate surface area is 128 Å². The van der Waals surface area contributed by atoms with Crippen molar-refractivity contribution < 1.29 is 14.3 Å². The highest BCUT2D eigenvalue weighted by Gasteiger charge is 2.36. The van der Waals surface area contributed by atoms with Gasteiger partial charge < -0.3 is 14.4 Å². The summed E-state index contributed by atoms with van der Waals surface area (Å²) in [6.45, 7) is 3.30. The minimum absolute atomic E-state index is 0.0418. The van der Waals surface area contributed by atoms with E-state index in [4.69, 9.17) is 9.47 Å². The van der Waals surface area contributed by atoms with Crippen LogP contribution in [-0.4, -0.2) is 30.6 Å². The Balaban J connectivity index is 1.68. The van der Waals surface area contributed by atoms with Crippen LogP contribution in [0.4, 0.5) is 5.69 Å². The third kappa shape index (κ3) is 2.01. The molecule has 5 heteroatoms.